The number of nitrogens with zero attached hydrogens (tertiary/aromatic N) is 1. The molecule has 0 aliphatic heterocycles. The molecule has 0 bridgehead atoms. The lowest BCUT2D eigenvalue weighted by Gasteiger charge is -2.38. The number of hydrogen-bond donors (Lipinski definition) is 0. The van der Waals surface area contributed by atoms with E-state index in [4.69, 9.17) is 0 Å². The summed E-state index contributed by atoms with van der Waals surface area (Å²) in [5.41, 5.74) is 10.5. The molecular weight excluding hydrogens is 410 g/mol. The van der Waals surface area contributed by atoms with Crippen molar-refractivity contribution in [2.24, 2.45) is 4.99 Å². The van der Waals surface area contributed by atoms with Crippen molar-refractivity contribution in [2.75, 3.05) is 0 Å². The van der Waals surface area contributed by atoms with Crippen LogP contribution in [0.15, 0.2) is 121 Å². The number of aliphatic imine (C=N–C) groups is 1. The maximum absolute atomic E-state index is 4.65. The van der Waals surface area contributed by atoms with Gasteiger partial charge >= 0.3 is 0 Å². The van der Waals surface area contributed by atoms with Crippen LogP contribution in [0.1, 0.15) is 64.0 Å². The summed E-state index contributed by atoms with van der Waals surface area (Å²) in [6.07, 6.45) is 29.0. The maximum Gasteiger partial charge on any atom is 0.0633 e. The van der Waals surface area contributed by atoms with Gasteiger partial charge in [-0.1, -0.05) is 86.1 Å². The Hall–Kier alpha value is -3.41. The molecule has 0 amide bonds. The molecule has 3 aliphatic carbocycles. The third kappa shape index (κ3) is 7.58. The Balaban J connectivity index is 0.000000437. The van der Waals surface area contributed by atoms with Gasteiger partial charge in [-0.15, -0.1) is 18.9 Å². The third-order valence-electron chi connectivity index (χ3n) is 6.16. The van der Waals surface area contributed by atoms with Crippen LogP contribution >= 0.6 is 0 Å². The summed E-state index contributed by atoms with van der Waals surface area (Å²) in [4.78, 5) is 4.65. The summed E-state index contributed by atoms with van der Waals surface area (Å²) in [6, 6.07) is 6.59. The van der Waals surface area contributed by atoms with Crippen LogP contribution in [0.2, 0.25) is 0 Å². The van der Waals surface area contributed by atoms with E-state index in [2.05, 4.69) is 73.8 Å². The van der Waals surface area contributed by atoms with Gasteiger partial charge in [-0.3, -0.25) is 4.99 Å². The molecular formula is C33H39N. The second-order valence-corrected chi connectivity index (χ2v) is 8.74. The monoisotopic (exact) mass is 449 g/mol. The Labute approximate surface area is 207 Å². The zero-order valence-corrected chi connectivity index (χ0v) is 21.2. The highest BCUT2D eigenvalue weighted by Gasteiger charge is 2.34. The summed E-state index contributed by atoms with van der Waals surface area (Å²) in [7, 11) is 0. The first-order valence-corrected chi connectivity index (χ1v) is 12.2. The van der Waals surface area contributed by atoms with Crippen molar-refractivity contribution in [1.29, 1.82) is 0 Å². The van der Waals surface area contributed by atoms with Gasteiger partial charge in [0, 0.05) is 11.6 Å². The van der Waals surface area contributed by atoms with E-state index in [0.717, 1.165) is 11.3 Å². The summed E-state index contributed by atoms with van der Waals surface area (Å²) in [6.45, 7) is 16.6. The molecule has 1 nitrogen and oxygen atoms in total. The molecule has 34 heavy (non-hydrogen) atoms. The Morgan fingerprint density at radius 3 is 2.35 bits per heavy atom. The largest absolute Gasteiger partial charge is 0.257 e. The molecule has 0 heterocycles. The van der Waals surface area contributed by atoms with Gasteiger partial charge in [-0.25, -0.2) is 0 Å². The van der Waals surface area contributed by atoms with Crippen molar-refractivity contribution >= 4 is 17.5 Å². The predicted octanol–water partition coefficient (Wildman–Crippen LogP) is 9.71. The molecule has 1 spiro atoms. The molecule has 1 heteroatoms. The number of allylic oxidation sites excluding steroid dienone is 12. The smallest absolute Gasteiger partial charge is 0.0633 e. The van der Waals surface area contributed by atoms with Gasteiger partial charge in [0.05, 0.1) is 5.69 Å². The van der Waals surface area contributed by atoms with Gasteiger partial charge in [0.15, 0.2) is 0 Å². The molecule has 176 valence electrons. The SMILES string of the molecule is C=C.C=C1/C=C\C(C)=C/C2(CCCCC2)c2cc(N=C/C=C\C=C/C)ccc21.CC1=C=CC=C1. The van der Waals surface area contributed by atoms with Crippen LogP contribution in [0.5, 0.6) is 0 Å². The summed E-state index contributed by atoms with van der Waals surface area (Å²) in [5, 5.41) is 0. The van der Waals surface area contributed by atoms with E-state index < -0.39 is 0 Å². The number of fused-ring (bicyclic) bond motifs is 2. The number of benzene rings is 1. The average molecular weight is 450 g/mol. The second kappa shape index (κ2) is 14.0. The highest BCUT2D eigenvalue weighted by Crippen LogP contribution is 2.46. The minimum Gasteiger partial charge on any atom is -0.257 e. The van der Waals surface area contributed by atoms with E-state index in [0.29, 0.717) is 0 Å². The minimum atomic E-state index is 0.123. The van der Waals surface area contributed by atoms with E-state index >= 15 is 0 Å². The van der Waals surface area contributed by atoms with Gasteiger partial charge in [-0.2, -0.15) is 0 Å². The molecule has 1 aromatic rings. The Morgan fingerprint density at radius 2 is 1.74 bits per heavy atom. The average Bonchev–Trinajstić information content (AvgIpc) is 3.35. The molecule has 0 saturated heterocycles. The van der Waals surface area contributed by atoms with E-state index in [1.54, 1.807) is 0 Å². The molecule has 4 rings (SSSR count). The first kappa shape index (κ1) is 26.8. The van der Waals surface area contributed by atoms with Crippen LogP contribution in [0.4, 0.5) is 5.69 Å². The fourth-order valence-corrected chi connectivity index (χ4v) is 4.56. The van der Waals surface area contributed by atoms with Crippen LogP contribution < -0.4 is 0 Å². The molecule has 0 aromatic heterocycles. The first-order valence-electron chi connectivity index (χ1n) is 12.2. The van der Waals surface area contributed by atoms with E-state index in [1.807, 2.05) is 62.6 Å². The summed E-state index contributed by atoms with van der Waals surface area (Å²) >= 11 is 0. The van der Waals surface area contributed by atoms with Crippen LogP contribution in [-0.4, -0.2) is 6.21 Å². The lowest BCUT2D eigenvalue weighted by molar-refractivity contribution is 0.355. The van der Waals surface area contributed by atoms with Gasteiger partial charge in [0.2, 0.25) is 0 Å². The molecule has 0 radical (unpaired) electrons. The van der Waals surface area contributed by atoms with Crippen LogP contribution in [0, 0.1) is 0 Å². The van der Waals surface area contributed by atoms with Gasteiger partial charge in [0.25, 0.3) is 0 Å². The molecule has 0 atom stereocenters. The molecule has 0 unspecified atom stereocenters. The minimum absolute atomic E-state index is 0.123. The van der Waals surface area contributed by atoms with Crippen molar-refractivity contribution in [3.05, 3.63) is 127 Å². The van der Waals surface area contributed by atoms with Crippen molar-refractivity contribution in [1.82, 2.24) is 0 Å². The van der Waals surface area contributed by atoms with Gasteiger partial charge in [-0.05, 0) is 80.2 Å². The fourth-order valence-electron chi connectivity index (χ4n) is 4.56. The van der Waals surface area contributed by atoms with Crippen molar-refractivity contribution in [3.63, 3.8) is 0 Å². The zero-order valence-electron chi connectivity index (χ0n) is 21.2. The molecule has 1 saturated carbocycles. The fraction of sp³-hybridized carbons (Fsp3) is 0.273. The Bertz CT molecular complexity index is 1090. The van der Waals surface area contributed by atoms with Crippen LogP contribution in [0.3, 0.4) is 0 Å². The molecule has 3 aliphatic rings. The third-order valence-corrected chi connectivity index (χ3v) is 6.16. The van der Waals surface area contributed by atoms with E-state index in [9.17, 15) is 0 Å². The van der Waals surface area contributed by atoms with Crippen LogP contribution in [0.25, 0.3) is 5.57 Å². The number of rotatable bonds is 3. The number of hydrogen-bond acceptors (Lipinski definition) is 1. The maximum atomic E-state index is 4.65. The van der Waals surface area contributed by atoms with Crippen molar-refractivity contribution in [2.45, 2.75) is 58.3 Å². The van der Waals surface area contributed by atoms with E-state index in [-0.39, 0.29) is 5.41 Å². The van der Waals surface area contributed by atoms with Crippen molar-refractivity contribution < 1.29 is 0 Å². The highest BCUT2D eigenvalue weighted by atomic mass is 14.7. The first-order chi connectivity index (χ1) is 16.5. The Morgan fingerprint density at radius 1 is 0.971 bits per heavy atom. The van der Waals surface area contributed by atoms with Gasteiger partial charge in [0.1, 0.15) is 0 Å². The molecule has 0 N–H and O–H groups in total. The van der Waals surface area contributed by atoms with Crippen molar-refractivity contribution in [3.8, 4) is 0 Å². The topological polar surface area (TPSA) is 12.4 Å². The standard InChI is InChI=1S/C25H29N.C6H6.C2H4/c1-4-5-6-10-17-26-22-13-14-23-21(3)12-11-20(2)19-25(24(23)18-22)15-8-7-9-16-25;1-6-4-2-3-5-6;1-2/h4-6,10-14,17-19H,3,7-9,15-16H2,1-2H3;2-4H,1H3;1-2H2/b5-4-,10-6-,12-11-,20-19-,26-17?;;. The zero-order chi connectivity index (χ0) is 24.8. The molecule has 1 fully saturated rings. The quantitative estimate of drug-likeness (QED) is 0.188. The normalized spacial score (nSPS) is 20.6. The highest BCUT2D eigenvalue weighted by molar-refractivity contribution is 5.79. The van der Waals surface area contributed by atoms with Crippen LogP contribution in [-0.2, 0) is 5.41 Å². The predicted molar refractivity (Wildman–Crippen MR) is 153 cm³/mol. The van der Waals surface area contributed by atoms with Gasteiger partial charge < -0.3 is 0 Å². The van der Waals surface area contributed by atoms with E-state index in [1.165, 1.54) is 54.4 Å². The summed E-state index contributed by atoms with van der Waals surface area (Å²) in [5.74, 6) is 0. The Kier molecular flexibility index (Phi) is 11.0. The second-order valence-electron chi connectivity index (χ2n) is 8.74. The lowest BCUT2D eigenvalue weighted by atomic mass is 9.66. The summed E-state index contributed by atoms with van der Waals surface area (Å²) < 4.78 is 0. The molecule has 1 aromatic carbocycles. The lowest BCUT2D eigenvalue weighted by Crippen LogP contribution is -2.28.